The number of hydroxylamine groups is 2. The van der Waals surface area contributed by atoms with Gasteiger partial charge in [0.2, 0.25) is 0 Å². The normalized spacial score (nSPS) is 48.0. The SMILES string of the molecule is CC1(C)C2CCC1(C)C(S(=O)(=O)ON1C(=O)C3C4C=CC(C4)C3C1=O)C2. The lowest BCUT2D eigenvalue weighted by Gasteiger charge is -2.38. The fourth-order valence-corrected chi connectivity index (χ4v) is 8.66. The molecule has 7 unspecified atom stereocenters. The Bertz CT molecular complexity index is 816. The number of fused-ring (bicyclic) bond motifs is 7. The molecule has 26 heavy (non-hydrogen) atoms. The van der Waals surface area contributed by atoms with Gasteiger partial charge in [0.25, 0.3) is 21.9 Å². The summed E-state index contributed by atoms with van der Waals surface area (Å²) in [6.45, 7) is 6.26. The summed E-state index contributed by atoms with van der Waals surface area (Å²) in [6, 6.07) is 0. The number of amides is 2. The van der Waals surface area contributed by atoms with E-state index in [0.717, 1.165) is 19.3 Å². The van der Waals surface area contributed by atoms with Crippen LogP contribution in [0, 0.1) is 40.4 Å². The van der Waals surface area contributed by atoms with E-state index in [4.69, 9.17) is 4.28 Å². The minimum Gasteiger partial charge on any atom is -0.272 e. The predicted octanol–water partition coefficient (Wildman–Crippen LogP) is 2.27. The van der Waals surface area contributed by atoms with Crippen molar-refractivity contribution >= 4 is 21.9 Å². The van der Waals surface area contributed by atoms with Gasteiger partial charge in [0, 0.05) is 0 Å². The molecule has 0 spiro atoms. The monoisotopic (exact) mass is 379 g/mol. The Morgan fingerprint density at radius 2 is 1.62 bits per heavy atom. The molecule has 0 aromatic rings. The van der Waals surface area contributed by atoms with E-state index in [1.54, 1.807) is 0 Å². The first-order valence-corrected chi connectivity index (χ1v) is 11.0. The Kier molecular flexibility index (Phi) is 3.12. The maximum atomic E-state index is 13.1. The van der Waals surface area contributed by atoms with Gasteiger partial charge in [0.15, 0.2) is 0 Å². The molecule has 0 aromatic carbocycles. The summed E-state index contributed by atoms with van der Waals surface area (Å²) in [5, 5.41) is -0.0845. The molecule has 0 aromatic heterocycles. The third-order valence-corrected chi connectivity index (χ3v) is 10.4. The van der Waals surface area contributed by atoms with Crippen LogP contribution in [0.4, 0.5) is 0 Å². The number of nitrogens with zero attached hydrogens (tertiary/aromatic N) is 1. The second-order valence-corrected chi connectivity index (χ2v) is 11.3. The van der Waals surface area contributed by atoms with Gasteiger partial charge in [-0.25, -0.2) is 0 Å². The molecule has 6 nitrogen and oxygen atoms in total. The third-order valence-electron chi connectivity index (χ3n) is 8.67. The van der Waals surface area contributed by atoms with Crippen molar-refractivity contribution in [3.05, 3.63) is 12.2 Å². The molecule has 142 valence electrons. The smallest absolute Gasteiger partial charge is 0.272 e. The Morgan fingerprint density at radius 1 is 1.04 bits per heavy atom. The summed E-state index contributed by atoms with van der Waals surface area (Å²) in [5.41, 5.74) is -0.481. The van der Waals surface area contributed by atoms with Crippen molar-refractivity contribution in [2.75, 3.05) is 0 Å². The molecule has 3 saturated carbocycles. The minimum absolute atomic E-state index is 0.0386. The highest BCUT2D eigenvalue weighted by Crippen LogP contribution is 2.67. The van der Waals surface area contributed by atoms with Crippen molar-refractivity contribution < 1.29 is 22.3 Å². The van der Waals surface area contributed by atoms with Crippen molar-refractivity contribution in [1.29, 1.82) is 0 Å². The van der Waals surface area contributed by atoms with Gasteiger partial charge in [-0.15, -0.1) is 9.35 Å². The molecule has 5 aliphatic rings. The number of hydrogen-bond acceptors (Lipinski definition) is 5. The summed E-state index contributed by atoms with van der Waals surface area (Å²) in [5.74, 6) is -1.44. The van der Waals surface area contributed by atoms with E-state index < -0.39 is 44.4 Å². The highest BCUT2D eigenvalue weighted by molar-refractivity contribution is 7.87. The molecule has 1 saturated heterocycles. The lowest BCUT2D eigenvalue weighted by molar-refractivity contribution is -0.166. The summed E-state index contributed by atoms with van der Waals surface area (Å²) in [4.78, 5) is 25.5. The average Bonchev–Trinajstić information content (AvgIpc) is 3.31. The van der Waals surface area contributed by atoms with Crippen molar-refractivity contribution in [2.45, 2.75) is 51.7 Å². The van der Waals surface area contributed by atoms with E-state index >= 15 is 0 Å². The van der Waals surface area contributed by atoms with E-state index in [0.29, 0.717) is 17.4 Å². The minimum atomic E-state index is -4.05. The molecule has 4 fully saturated rings. The van der Waals surface area contributed by atoms with Gasteiger partial charge in [-0.2, -0.15) is 8.42 Å². The lowest BCUT2D eigenvalue weighted by atomic mass is 9.71. The Labute approximate surface area is 154 Å². The summed E-state index contributed by atoms with van der Waals surface area (Å²) in [6.07, 6.45) is 7.17. The van der Waals surface area contributed by atoms with Crippen LogP contribution in [0.15, 0.2) is 12.2 Å². The van der Waals surface area contributed by atoms with Crippen LogP contribution in [-0.4, -0.2) is 30.5 Å². The molecule has 1 aliphatic heterocycles. The van der Waals surface area contributed by atoms with Crippen LogP contribution in [0.3, 0.4) is 0 Å². The third kappa shape index (κ3) is 1.79. The largest absolute Gasteiger partial charge is 0.292 e. The summed E-state index contributed by atoms with van der Waals surface area (Å²) >= 11 is 0. The van der Waals surface area contributed by atoms with E-state index in [1.807, 2.05) is 19.1 Å². The van der Waals surface area contributed by atoms with Crippen molar-refractivity contribution in [3.63, 3.8) is 0 Å². The molecule has 0 radical (unpaired) electrons. The molecule has 4 aliphatic carbocycles. The van der Waals surface area contributed by atoms with E-state index in [2.05, 4.69) is 13.8 Å². The van der Waals surface area contributed by atoms with Crippen LogP contribution in [-0.2, 0) is 24.0 Å². The number of imide groups is 1. The summed E-state index contributed by atoms with van der Waals surface area (Å²) in [7, 11) is -4.05. The maximum absolute atomic E-state index is 13.1. The summed E-state index contributed by atoms with van der Waals surface area (Å²) < 4.78 is 31.4. The van der Waals surface area contributed by atoms with Crippen LogP contribution >= 0.6 is 0 Å². The molecular weight excluding hydrogens is 354 g/mol. The molecule has 5 rings (SSSR count). The van der Waals surface area contributed by atoms with Crippen LogP contribution in [0.5, 0.6) is 0 Å². The van der Waals surface area contributed by atoms with E-state index in [9.17, 15) is 18.0 Å². The molecular formula is C19H25NO5S. The van der Waals surface area contributed by atoms with Crippen LogP contribution in [0.1, 0.15) is 46.5 Å². The fraction of sp³-hybridized carbons (Fsp3) is 0.789. The highest BCUT2D eigenvalue weighted by atomic mass is 32.2. The van der Waals surface area contributed by atoms with E-state index in [-0.39, 0.29) is 17.3 Å². The van der Waals surface area contributed by atoms with Gasteiger partial charge in [-0.1, -0.05) is 32.9 Å². The van der Waals surface area contributed by atoms with Gasteiger partial charge < -0.3 is 0 Å². The molecule has 0 N–H and O–H groups in total. The number of rotatable bonds is 3. The Morgan fingerprint density at radius 3 is 2.08 bits per heavy atom. The van der Waals surface area contributed by atoms with E-state index in [1.165, 1.54) is 0 Å². The Hall–Kier alpha value is -1.21. The quantitative estimate of drug-likeness (QED) is 0.555. The number of carbonyl (C=O) groups excluding carboxylic acids is 2. The Balaban J connectivity index is 1.42. The second kappa shape index (κ2) is 4.79. The average molecular weight is 379 g/mol. The second-order valence-electron chi connectivity index (χ2n) is 9.64. The zero-order valence-electron chi connectivity index (χ0n) is 15.3. The predicted molar refractivity (Wildman–Crippen MR) is 92.6 cm³/mol. The maximum Gasteiger partial charge on any atom is 0.292 e. The highest BCUT2D eigenvalue weighted by Gasteiger charge is 2.67. The molecule has 1 heterocycles. The van der Waals surface area contributed by atoms with Crippen molar-refractivity contribution in [2.24, 2.45) is 40.4 Å². The van der Waals surface area contributed by atoms with Gasteiger partial charge in [-0.05, 0) is 54.3 Å². The molecule has 2 amide bonds. The van der Waals surface area contributed by atoms with Gasteiger partial charge in [0.1, 0.15) is 0 Å². The molecule has 7 heteroatoms. The standard InChI is InChI=1S/C19H25NO5S/c1-18(2)12-6-7-19(18,3)13(9-12)26(23,24)25-20-16(21)14-10-4-5-11(8-10)15(14)17(20)22/h4-5,10-15H,6-9H2,1-3H3. The lowest BCUT2D eigenvalue weighted by Crippen LogP contribution is -2.45. The zero-order chi connectivity index (χ0) is 18.6. The zero-order valence-corrected chi connectivity index (χ0v) is 16.2. The van der Waals surface area contributed by atoms with Crippen LogP contribution < -0.4 is 0 Å². The fourth-order valence-electron chi connectivity index (χ4n) is 6.67. The first kappa shape index (κ1) is 16.9. The van der Waals surface area contributed by atoms with Gasteiger partial charge in [-0.3, -0.25) is 9.59 Å². The van der Waals surface area contributed by atoms with Crippen molar-refractivity contribution in [3.8, 4) is 0 Å². The van der Waals surface area contributed by atoms with Gasteiger partial charge in [0.05, 0.1) is 17.1 Å². The molecule has 7 atom stereocenters. The first-order chi connectivity index (χ1) is 12.1. The number of carbonyl (C=O) groups is 2. The van der Waals surface area contributed by atoms with Crippen LogP contribution in [0.2, 0.25) is 0 Å². The topological polar surface area (TPSA) is 80.8 Å². The van der Waals surface area contributed by atoms with Crippen molar-refractivity contribution in [1.82, 2.24) is 5.06 Å². The number of hydrogen-bond donors (Lipinski definition) is 0. The van der Waals surface area contributed by atoms with Gasteiger partial charge >= 0.3 is 0 Å². The number of allylic oxidation sites excluding steroid dienone is 2. The first-order valence-electron chi connectivity index (χ1n) is 9.57. The molecule has 4 bridgehead atoms. The van der Waals surface area contributed by atoms with Crippen LogP contribution in [0.25, 0.3) is 0 Å².